The van der Waals surface area contributed by atoms with Crippen molar-refractivity contribution in [1.29, 1.82) is 0 Å². The van der Waals surface area contributed by atoms with Gasteiger partial charge in [-0.25, -0.2) is 4.98 Å². The second kappa shape index (κ2) is 7.93. The molecule has 0 bridgehead atoms. The number of halogens is 1. The zero-order valence-corrected chi connectivity index (χ0v) is 15.6. The molecule has 0 atom stereocenters. The van der Waals surface area contributed by atoms with Crippen molar-refractivity contribution >= 4 is 40.4 Å². The van der Waals surface area contributed by atoms with Crippen molar-refractivity contribution in [2.75, 3.05) is 36.7 Å². The molecule has 3 rings (SSSR count). The van der Waals surface area contributed by atoms with Crippen LogP contribution in [0, 0.1) is 0 Å². The highest BCUT2D eigenvalue weighted by atomic mass is 35.5. The Labute approximate surface area is 157 Å². The lowest BCUT2D eigenvalue weighted by Crippen LogP contribution is -2.08. The number of hydrogen-bond acceptors (Lipinski definition) is 6. The van der Waals surface area contributed by atoms with E-state index in [4.69, 9.17) is 16.3 Å². The van der Waals surface area contributed by atoms with Gasteiger partial charge in [0.1, 0.15) is 11.6 Å². The minimum Gasteiger partial charge on any atom is -0.495 e. The average molecular weight is 370 g/mol. The first-order valence-electron chi connectivity index (χ1n) is 8.03. The van der Waals surface area contributed by atoms with E-state index in [0.717, 1.165) is 17.1 Å². The number of rotatable bonds is 6. The predicted molar refractivity (Wildman–Crippen MR) is 107 cm³/mol. The van der Waals surface area contributed by atoms with Crippen LogP contribution in [0.5, 0.6) is 5.75 Å². The van der Waals surface area contributed by atoms with Crippen LogP contribution in [0.1, 0.15) is 0 Å². The van der Waals surface area contributed by atoms with Gasteiger partial charge in [-0.05, 0) is 48.5 Å². The quantitative estimate of drug-likeness (QED) is 0.657. The number of nitrogens with zero attached hydrogens (tertiary/aromatic N) is 3. The van der Waals surface area contributed by atoms with Crippen molar-refractivity contribution in [3.8, 4) is 5.75 Å². The molecule has 3 aromatic rings. The van der Waals surface area contributed by atoms with Crippen LogP contribution in [0.3, 0.4) is 0 Å². The summed E-state index contributed by atoms with van der Waals surface area (Å²) < 4.78 is 5.34. The lowest BCUT2D eigenvalue weighted by atomic mass is 10.2. The zero-order valence-electron chi connectivity index (χ0n) is 14.8. The Hall–Kier alpha value is -2.99. The van der Waals surface area contributed by atoms with Gasteiger partial charge in [0, 0.05) is 36.7 Å². The third kappa shape index (κ3) is 4.34. The molecule has 0 saturated heterocycles. The molecule has 0 aliphatic rings. The van der Waals surface area contributed by atoms with Gasteiger partial charge >= 0.3 is 0 Å². The zero-order chi connectivity index (χ0) is 18.5. The van der Waals surface area contributed by atoms with Crippen molar-refractivity contribution in [2.24, 2.45) is 0 Å². The number of ether oxygens (including phenoxy) is 1. The number of methoxy groups -OCH3 is 1. The van der Waals surface area contributed by atoms with Crippen molar-refractivity contribution < 1.29 is 4.74 Å². The second-order valence-corrected chi connectivity index (χ2v) is 6.24. The van der Waals surface area contributed by atoms with Gasteiger partial charge in [-0.15, -0.1) is 0 Å². The minimum absolute atomic E-state index is 0.494. The third-order valence-electron chi connectivity index (χ3n) is 3.72. The highest BCUT2D eigenvalue weighted by Gasteiger charge is 2.06. The fourth-order valence-electron chi connectivity index (χ4n) is 2.38. The van der Waals surface area contributed by atoms with E-state index in [2.05, 4.69) is 20.6 Å². The number of aromatic nitrogens is 2. The Balaban J connectivity index is 1.77. The first kappa shape index (κ1) is 17.8. The first-order valence-corrected chi connectivity index (χ1v) is 8.41. The predicted octanol–water partition coefficient (Wildman–Crippen LogP) is 4.69. The van der Waals surface area contributed by atoms with E-state index >= 15 is 0 Å². The van der Waals surface area contributed by atoms with Gasteiger partial charge in [0.05, 0.1) is 12.8 Å². The standard InChI is InChI=1S/C19H20ClN5O/c1-25(2)15-7-5-14(6-8-15)22-19-21-11-10-18(24-19)23-16-12-13(20)4-9-17(16)26-3/h4-12H,1-3H3,(H2,21,22,23,24). The molecular formula is C19H20ClN5O. The maximum absolute atomic E-state index is 6.07. The number of benzene rings is 2. The summed E-state index contributed by atoms with van der Waals surface area (Å²) in [7, 11) is 5.62. The maximum Gasteiger partial charge on any atom is 0.229 e. The molecule has 26 heavy (non-hydrogen) atoms. The van der Waals surface area contributed by atoms with Crippen LogP contribution in [0.4, 0.5) is 28.8 Å². The molecule has 0 radical (unpaired) electrons. The van der Waals surface area contributed by atoms with E-state index in [9.17, 15) is 0 Å². The molecule has 2 N–H and O–H groups in total. The monoisotopic (exact) mass is 369 g/mol. The molecule has 0 spiro atoms. The highest BCUT2D eigenvalue weighted by molar-refractivity contribution is 6.31. The molecule has 1 heterocycles. The molecule has 1 aromatic heterocycles. The van der Waals surface area contributed by atoms with E-state index in [1.54, 1.807) is 37.6 Å². The number of hydrogen-bond donors (Lipinski definition) is 2. The summed E-state index contributed by atoms with van der Waals surface area (Å²) in [5.74, 6) is 1.81. The van der Waals surface area contributed by atoms with Crippen molar-refractivity contribution in [3.05, 3.63) is 59.8 Å². The van der Waals surface area contributed by atoms with Crippen LogP contribution in [-0.2, 0) is 0 Å². The van der Waals surface area contributed by atoms with E-state index in [1.807, 2.05) is 43.3 Å². The highest BCUT2D eigenvalue weighted by Crippen LogP contribution is 2.30. The molecule has 0 fully saturated rings. The summed E-state index contributed by atoms with van der Waals surface area (Å²) in [5, 5.41) is 7.02. The average Bonchev–Trinajstić information content (AvgIpc) is 2.63. The molecule has 7 heteroatoms. The van der Waals surface area contributed by atoms with Crippen LogP contribution in [-0.4, -0.2) is 31.2 Å². The van der Waals surface area contributed by atoms with Gasteiger partial charge in [0.2, 0.25) is 5.95 Å². The molecule has 2 aromatic carbocycles. The summed E-state index contributed by atoms with van der Waals surface area (Å²) in [6.45, 7) is 0. The Morgan fingerprint density at radius 2 is 1.77 bits per heavy atom. The van der Waals surface area contributed by atoms with Crippen LogP contribution in [0.2, 0.25) is 5.02 Å². The molecule has 0 unspecified atom stereocenters. The molecule has 0 aliphatic heterocycles. The second-order valence-electron chi connectivity index (χ2n) is 5.80. The lowest BCUT2D eigenvalue weighted by molar-refractivity contribution is 0.417. The number of anilines is 5. The summed E-state index contributed by atoms with van der Waals surface area (Å²) in [6, 6.07) is 15.2. The van der Waals surface area contributed by atoms with Crippen molar-refractivity contribution in [2.45, 2.75) is 0 Å². The smallest absolute Gasteiger partial charge is 0.229 e. The van der Waals surface area contributed by atoms with Crippen LogP contribution in [0.15, 0.2) is 54.7 Å². The molecular weight excluding hydrogens is 350 g/mol. The third-order valence-corrected chi connectivity index (χ3v) is 3.95. The first-order chi connectivity index (χ1) is 12.5. The molecule has 0 aliphatic carbocycles. The van der Waals surface area contributed by atoms with Gasteiger partial charge in [0.15, 0.2) is 0 Å². The fraction of sp³-hybridized carbons (Fsp3) is 0.158. The topological polar surface area (TPSA) is 62.3 Å². The SMILES string of the molecule is COc1ccc(Cl)cc1Nc1ccnc(Nc2ccc(N(C)C)cc2)n1. The summed E-state index contributed by atoms with van der Waals surface area (Å²) in [6.07, 6.45) is 1.68. The van der Waals surface area contributed by atoms with Gasteiger partial charge < -0.3 is 20.3 Å². The summed E-state index contributed by atoms with van der Waals surface area (Å²) >= 11 is 6.07. The summed E-state index contributed by atoms with van der Waals surface area (Å²) in [4.78, 5) is 10.8. The van der Waals surface area contributed by atoms with Crippen LogP contribution < -0.4 is 20.3 Å². The van der Waals surface area contributed by atoms with E-state index < -0.39 is 0 Å². The number of nitrogens with one attached hydrogen (secondary N) is 2. The van der Waals surface area contributed by atoms with E-state index in [1.165, 1.54) is 0 Å². The van der Waals surface area contributed by atoms with Gasteiger partial charge in [-0.1, -0.05) is 11.6 Å². The largest absolute Gasteiger partial charge is 0.495 e. The summed E-state index contributed by atoms with van der Waals surface area (Å²) in [5.41, 5.74) is 2.77. The molecule has 0 amide bonds. The van der Waals surface area contributed by atoms with E-state index in [-0.39, 0.29) is 0 Å². The van der Waals surface area contributed by atoms with E-state index in [0.29, 0.717) is 22.5 Å². The van der Waals surface area contributed by atoms with Gasteiger partial charge in [-0.2, -0.15) is 4.98 Å². The molecule has 6 nitrogen and oxygen atoms in total. The Bertz CT molecular complexity index is 883. The lowest BCUT2D eigenvalue weighted by Gasteiger charge is -2.13. The van der Waals surface area contributed by atoms with Crippen molar-refractivity contribution in [3.63, 3.8) is 0 Å². The van der Waals surface area contributed by atoms with Crippen molar-refractivity contribution in [1.82, 2.24) is 9.97 Å². The Morgan fingerprint density at radius 3 is 2.46 bits per heavy atom. The van der Waals surface area contributed by atoms with Gasteiger partial charge in [-0.3, -0.25) is 0 Å². The Kier molecular flexibility index (Phi) is 5.43. The Morgan fingerprint density at radius 1 is 1.00 bits per heavy atom. The normalized spacial score (nSPS) is 10.3. The van der Waals surface area contributed by atoms with Crippen LogP contribution >= 0.6 is 11.6 Å². The molecule has 0 saturated carbocycles. The minimum atomic E-state index is 0.494. The molecule has 134 valence electrons. The maximum atomic E-state index is 6.07. The van der Waals surface area contributed by atoms with Crippen LogP contribution in [0.25, 0.3) is 0 Å². The van der Waals surface area contributed by atoms with Gasteiger partial charge in [0.25, 0.3) is 0 Å². The fourth-order valence-corrected chi connectivity index (χ4v) is 2.55.